The second kappa shape index (κ2) is 11.7. The van der Waals surface area contributed by atoms with Crippen LogP contribution in [0.3, 0.4) is 0 Å². The highest BCUT2D eigenvalue weighted by atomic mass is 16.6. The van der Waals surface area contributed by atoms with Gasteiger partial charge in [0.25, 0.3) is 0 Å². The molecule has 3 rings (SSSR count). The van der Waals surface area contributed by atoms with Crippen molar-refractivity contribution in [1.82, 2.24) is 9.80 Å². The molecule has 1 N–H and O–H groups in total. The van der Waals surface area contributed by atoms with Crippen LogP contribution in [0.4, 0.5) is 0 Å². The summed E-state index contributed by atoms with van der Waals surface area (Å²) in [5.41, 5.74) is -1.73. The van der Waals surface area contributed by atoms with E-state index in [0.29, 0.717) is 32.2 Å². The molecule has 6 atom stereocenters. The fourth-order valence-electron chi connectivity index (χ4n) is 7.50. The Morgan fingerprint density at radius 2 is 1.90 bits per heavy atom. The minimum Gasteiger partial charge on any atom is -0.465 e. The lowest BCUT2D eigenvalue weighted by molar-refractivity contribution is -0.158. The lowest BCUT2D eigenvalue weighted by Gasteiger charge is -2.46. The average molecular weight is 547 g/mol. The molecule has 0 aromatic heterocycles. The Hall–Kier alpha value is -2.19. The number of aliphatic hydroxyl groups excluding tert-OH is 1. The van der Waals surface area contributed by atoms with E-state index in [9.17, 15) is 19.5 Å². The third-order valence-electron chi connectivity index (χ3n) is 8.43. The maximum atomic E-state index is 14.7. The van der Waals surface area contributed by atoms with Gasteiger partial charge in [0, 0.05) is 12.1 Å². The lowest BCUT2D eigenvalue weighted by Crippen LogP contribution is -2.62. The molecule has 39 heavy (non-hydrogen) atoms. The first-order valence-corrected chi connectivity index (χ1v) is 14.5. The molecule has 0 aromatic carbocycles. The zero-order valence-corrected chi connectivity index (χ0v) is 25.1. The molecular formula is C31H50N2O6. The Balaban J connectivity index is 2.10. The number of carbonyl (C=O) groups excluding carboxylic acids is 3. The summed E-state index contributed by atoms with van der Waals surface area (Å²) in [5.74, 6) is -2.39. The number of hydrogen-bond donors (Lipinski definition) is 1. The van der Waals surface area contributed by atoms with E-state index >= 15 is 0 Å². The number of rotatable bonds is 13. The Morgan fingerprint density at radius 3 is 2.44 bits per heavy atom. The zero-order valence-electron chi connectivity index (χ0n) is 25.1. The highest BCUT2D eigenvalue weighted by molar-refractivity contribution is 5.98. The predicted octanol–water partition coefficient (Wildman–Crippen LogP) is 4.12. The molecule has 8 heteroatoms. The molecule has 0 saturated carbocycles. The minimum absolute atomic E-state index is 0.0525. The number of hydrogen-bond acceptors (Lipinski definition) is 6. The third-order valence-corrected chi connectivity index (χ3v) is 8.43. The van der Waals surface area contributed by atoms with Crippen LogP contribution in [-0.4, -0.2) is 81.8 Å². The highest BCUT2D eigenvalue weighted by Crippen LogP contribution is 2.59. The normalized spacial score (nSPS) is 28.9. The standard InChI is InChI=1S/C31H50N2O6/c1-10-12-16-38-28(37)23-22-13-14-31(39-22)24(23)26(35)33(21(18-34)17-20(3)4)25(31)27(36)32(15-11-2)30(8,9)19-29(5,6)7/h10-11,20-25,34H,1-2,12-19H2,3-9H3/t21-,22+,23-,24+,25?,31?/m1/s1. The van der Waals surface area contributed by atoms with E-state index in [1.54, 1.807) is 17.1 Å². The van der Waals surface area contributed by atoms with Crippen LogP contribution < -0.4 is 0 Å². The number of fused-ring (bicyclic) bond motifs is 1. The van der Waals surface area contributed by atoms with Crippen molar-refractivity contribution < 1.29 is 29.0 Å². The van der Waals surface area contributed by atoms with E-state index in [-0.39, 0.29) is 36.4 Å². The molecule has 3 aliphatic heterocycles. The molecule has 2 bridgehead atoms. The van der Waals surface area contributed by atoms with Gasteiger partial charge in [0.05, 0.1) is 37.2 Å². The summed E-state index contributed by atoms with van der Waals surface area (Å²) in [4.78, 5) is 45.7. The number of carbonyl (C=O) groups is 3. The topological polar surface area (TPSA) is 96.4 Å². The molecule has 2 amide bonds. The van der Waals surface area contributed by atoms with Crippen LogP contribution in [0.2, 0.25) is 0 Å². The van der Waals surface area contributed by atoms with Gasteiger partial charge < -0.3 is 24.4 Å². The van der Waals surface area contributed by atoms with Crippen molar-refractivity contribution in [2.75, 3.05) is 19.8 Å². The molecule has 220 valence electrons. The summed E-state index contributed by atoms with van der Waals surface area (Å²) in [6, 6.07) is -1.51. The summed E-state index contributed by atoms with van der Waals surface area (Å²) in [7, 11) is 0. The summed E-state index contributed by atoms with van der Waals surface area (Å²) in [6.07, 6.45) is 5.76. The van der Waals surface area contributed by atoms with Gasteiger partial charge in [-0.3, -0.25) is 14.4 Å². The molecule has 0 radical (unpaired) electrons. The summed E-state index contributed by atoms with van der Waals surface area (Å²) >= 11 is 0. The van der Waals surface area contributed by atoms with E-state index in [1.807, 2.05) is 32.6 Å². The number of likely N-dealkylation sites (tertiary alicyclic amines) is 1. The number of nitrogens with zero attached hydrogens (tertiary/aromatic N) is 2. The van der Waals surface area contributed by atoms with Crippen LogP contribution in [0.5, 0.6) is 0 Å². The Morgan fingerprint density at radius 1 is 1.23 bits per heavy atom. The minimum atomic E-state index is -1.14. The molecule has 0 aromatic rings. The smallest absolute Gasteiger partial charge is 0.312 e. The van der Waals surface area contributed by atoms with E-state index in [0.717, 1.165) is 6.42 Å². The fourth-order valence-corrected chi connectivity index (χ4v) is 7.50. The van der Waals surface area contributed by atoms with Crippen molar-refractivity contribution in [3.63, 3.8) is 0 Å². The fraction of sp³-hybridized carbons (Fsp3) is 0.774. The zero-order chi connectivity index (χ0) is 29.3. The maximum absolute atomic E-state index is 14.7. The van der Waals surface area contributed by atoms with Crippen molar-refractivity contribution in [3.05, 3.63) is 25.3 Å². The van der Waals surface area contributed by atoms with E-state index in [4.69, 9.17) is 9.47 Å². The second-order valence-electron chi connectivity index (χ2n) is 13.8. The summed E-state index contributed by atoms with van der Waals surface area (Å²) in [5, 5.41) is 10.5. The summed E-state index contributed by atoms with van der Waals surface area (Å²) in [6.45, 7) is 22.4. The molecule has 0 aliphatic carbocycles. The predicted molar refractivity (Wildman–Crippen MR) is 151 cm³/mol. The van der Waals surface area contributed by atoms with Gasteiger partial charge in [0.1, 0.15) is 11.6 Å². The first-order chi connectivity index (χ1) is 18.1. The van der Waals surface area contributed by atoms with Gasteiger partial charge in [0.2, 0.25) is 11.8 Å². The quantitative estimate of drug-likeness (QED) is 0.212. The van der Waals surface area contributed by atoms with Crippen LogP contribution in [0.1, 0.15) is 80.6 Å². The molecule has 3 saturated heterocycles. The van der Waals surface area contributed by atoms with E-state index in [2.05, 4.69) is 33.9 Å². The van der Waals surface area contributed by atoms with E-state index < -0.39 is 47.1 Å². The monoisotopic (exact) mass is 546 g/mol. The highest BCUT2D eigenvalue weighted by Gasteiger charge is 2.75. The van der Waals surface area contributed by atoms with Gasteiger partial charge in [-0.1, -0.05) is 46.8 Å². The molecular weight excluding hydrogens is 496 g/mol. The summed E-state index contributed by atoms with van der Waals surface area (Å²) < 4.78 is 12.1. The van der Waals surface area contributed by atoms with Crippen molar-refractivity contribution >= 4 is 17.8 Å². The number of amides is 2. The van der Waals surface area contributed by atoms with Gasteiger partial charge in [-0.25, -0.2) is 0 Å². The van der Waals surface area contributed by atoms with Crippen molar-refractivity contribution in [3.8, 4) is 0 Å². The van der Waals surface area contributed by atoms with Gasteiger partial charge >= 0.3 is 5.97 Å². The first kappa shape index (κ1) is 31.3. The van der Waals surface area contributed by atoms with Crippen molar-refractivity contribution in [2.45, 2.75) is 110 Å². The van der Waals surface area contributed by atoms with Crippen molar-refractivity contribution in [1.29, 1.82) is 0 Å². The third kappa shape index (κ3) is 5.97. The Labute approximate surface area is 234 Å². The molecule has 3 heterocycles. The Kier molecular flexibility index (Phi) is 9.43. The molecule has 8 nitrogen and oxygen atoms in total. The first-order valence-electron chi connectivity index (χ1n) is 14.5. The molecule has 1 spiro atoms. The molecule has 2 unspecified atom stereocenters. The second-order valence-corrected chi connectivity index (χ2v) is 13.8. The maximum Gasteiger partial charge on any atom is 0.312 e. The Bertz CT molecular complexity index is 953. The largest absolute Gasteiger partial charge is 0.465 e. The van der Waals surface area contributed by atoms with E-state index in [1.165, 1.54) is 0 Å². The van der Waals surface area contributed by atoms with Crippen LogP contribution in [0.25, 0.3) is 0 Å². The van der Waals surface area contributed by atoms with Gasteiger partial charge in [-0.2, -0.15) is 0 Å². The lowest BCUT2D eigenvalue weighted by atomic mass is 9.70. The van der Waals surface area contributed by atoms with Crippen LogP contribution in [0.15, 0.2) is 25.3 Å². The average Bonchev–Trinajstić information content (AvgIpc) is 3.46. The van der Waals surface area contributed by atoms with Gasteiger partial charge in [-0.05, 0) is 57.3 Å². The van der Waals surface area contributed by atoms with Crippen LogP contribution >= 0.6 is 0 Å². The number of aliphatic hydroxyl groups is 1. The molecule has 3 fully saturated rings. The van der Waals surface area contributed by atoms with Gasteiger partial charge in [0.15, 0.2) is 0 Å². The molecule has 3 aliphatic rings. The van der Waals surface area contributed by atoms with Crippen molar-refractivity contribution in [2.24, 2.45) is 23.2 Å². The number of esters is 1. The van der Waals surface area contributed by atoms with Crippen LogP contribution in [-0.2, 0) is 23.9 Å². The van der Waals surface area contributed by atoms with Crippen LogP contribution in [0, 0.1) is 23.2 Å². The SMILES string of the molecule is C=CCCOC(=O)[C@@H]1[C@@H]2CCC3(O2)C(C(=O)N(CC=C)C(C)(C)CC(C)(C)C)N([C@@H](CO)CC(C)C)C(=O)[C@H]13. The number of ether oxygens (including phenoxy) is 2. The van der Waals surface area contributed by atoms with Gasteiger partial charge in [-0.15, -0.1) is 13.2 Å².